The lowest BCUT2D eigenvalue weighted by Gasteiger charge is -2.14. The number of halogens is 1. The SMILES string of the molecule is COc1ccc(-n2nc3cc(C)c(NC(=S)NC(=O)c4cccc(C)c4OC)cc3n2)cc1Cl. The van der Waals surface area contributed by atoms with Crippen LogP contribution < -0.4 is 20.1 Å². The molecule has 0 fully saturated rings. The predicted octanol–water partition coefficient (Wildman–Crippen LogP) is 4.83. The van der Waals surface area contributed by atoms with Crippen LogP contribution in [0.15, 0.2) is 48.5 Å². The Labute approximate surface area is 206 Å². The van der Waals surface area contributed by atoms with E-state index in [4.69, 9.17) is 33.3 Å². The molecule has 10 heteroatoms. The molecule has 4 aromatic rings. The summed E-state index contributed by atoms with van der Waals surface area (Å²) in [5, 5.41) is 15.5. The fourth-order valence-electron chi connectivity index (χ4n) is 3.52. The van der Waals surface area contributed by atoms with Gasteiger partial charge in [0.05, 0.1) is 30.5 Å². The molecule has 0 unspecified atom stereocenters. The average Bonchev–Trinajstić information content (AvgIpc) is 3.21. The quantitative estimate of drug-likeness (QED) is 0.383. The Morgan fingerprint density at radius 2 is 1.74 bits per heavy atom. The standard InChI is InChI=1S/C24H22ClN5O3S/c1-13-6-5-7-16(22(13)33-4)23(31)27-24(34)26-18-12-20-19(10-14(18)2)28-30(29-20)15-8-9-21(32-3)17(25)11-15/h5-12H,1-4H3,(H2,26,27,31,34). The summed E-state index contributed by atoms with van der Waals surface area (Å²) in [6.07, 6.45) is 0. The highest BCUT2D eigenvalue weighted by Gasteiger charge is 2.16. The van der Waals surface area contributed by atoms with E-state index in [0.717, 1.165) is 11.1 Å². The van der Waals surface area contributed by atoms with Crippen molar-refractivity contribution in [2.75, 3.05) is 19.5 Å². The highest BCUT2D eigenvalue weighted by atomic mass is 35.5. The third kappa shape index (κ3) is 4.66. The number of nitrogens with zero attached hydrogens (tertiary/aromatic N) is 3. The van der Waals surface area contributed by atoms with E-state index in [9.17, 15) is 4.79 Å². The molecule has 0 radical (unpaired) electrons. The summed E-state index contributed by atoms with van der Waals surface area (Å²) in [6, 6.07) is 14.4. The second-order valence-corrected chi connectivity index (χ2v) is 8.34. The maximum absolute atomic E-state index is 12.7. The number of carbonyl (C=O) groups excluding carboxylic acids is 1. The second kappa shape index (κ2) is 9.66. The molecule has 0 atom stereocenters. The van der Waals surface area contributed by atoms with Gasteiger partial charge in [0.15, 0.2) is 5.11 Å². The number of anilines is 1. The van der Waals surface area contributed by atoms with Gasteiger partial charge in [0.1, 0.15) is 22.5 Å². The molecule has 3 aromatic carbocycles. The van der Waals surface area contributed by atoms with Crippen LogP contribution in [0.1, 0.15) is 21.5 Å². The van der Waals surface area contributed by atoms with Gasteiger partial charge >= 0.3 is 0 Å². The molecule has 0 aliphatic rings. The van der Waals surface area contributed by atoms with E-state index in [0.29, 0.717) is 44.5 Å². The number of hydrogen-bond donors (Lipinski definition) is 2. The zero-order chi connectivity index (χ0) is 24.4. The molecule has 34 heavy (non-hydrogen) atoms. The maximum atomic E-state index is 12.7. The van der Waals surface area contributed by atoms with Crippen LogP contribution >= 0.6 is 23.8 Å². The molecule has 0 bridgehead atoms. The topological polar surface area (TPSA) is 90.3 Å². The van der Waals surface area contributed by atoms with Crippen LogP contribution in [0, 0.1) is 13.8 Å². The van der Waals surface area contributed by atoms with Gasteiger partial charge in [0.2, 0.25) is 0 Å². The zero-order valence-electron chi connectivity index (χ0n) is 19.0. The van der Waals surface area contributed by atoms with Crippen molar-refractivity contribution in [3.63, 3.8) is 0 Å². The lowest BCUT2D eigenvalue weighted by Crippen LogP contribution is -2.34. The Balaban J connectivity index is 1.55. The molecule has 0 aliphatic heterocycles. The summed E-state index contributed by atoms with van der Waals surface area (Å²) in [7, 11) is 3.09. The molecule has 0 saturated heterocycles. The number of hydrogen-bond acceptors (Lipinski definition) is 6. The third-order valence-electron chi connectivity index (χ3n) is 5.23. The summed E-state index contributed by atoms with van der Waals surface area (Å²) in [4.78, 5) is 14.2. The predicted molar refractivity (Wildman–Crippen MR) is 137 cm³/mol. The maximum Gasteiger partial charge on any atom is 0.261 e. The van der Waals surface area contributed by atoms with Crippen LogP contribution in [0.2, 0.25) is 5.02 Å². The van der Waals surface area contributed by atoms with Gasteiger partial charge in [-0.15, -0.1) is 10.2 Å². The number of benzene rings is 3. The molecule has 1 aromatic heterocycles. The van der Waals surface area contributed by atoms with E-state index < -0.39 is 0 Å². The van der Waals surface area contributed by atoms with E-state index in [-0.39, 0.29) is 11.0 Å². The van der Waals surface area contributed by atoms with Crippen LogP contribution in [0.3, 0.4) is 0 Å². The Bertz CT molecular complexity index is 1420. The number of rotatable bonds is 5. The zero-order valence-corrected chi connectivity index (χ0v) is 20.5. The molecule has 1 heterocycles. The molecular weight excluding hydrogens is 474 g/mol. The van der Waals surface area contributed by atoms with Crippen LogP contribution in [0.5, 0.6) is 11.5 Å². The number of aromatic nitrogens is 3. The van der Waals surface area contributed by atoms with E-state index in [1.54, 1.807) is 31.4 Å². The molecule has 174 valence electrons. The Kier molecular flexibility index (Phi) is 6.67. The summed E-state index contributed by atoms with van der Waals surface area (Å²) in [5.41, 5.74) is 4.90. The number of para-hydroxylation sites is 1. The van der Waals surface area contributed by atoms with Crippen LogP contribution in [-0.2, 0) is 0 Å². The number of carbonyl (C=O) groups is 1. The Hall–Kier alpha value is -3.69. The van der Waals surface area contributed by atoms with Crippen molar-refractivity contribution in [1.29, 1.82) is 0 Å². The largest absolute Gasteiger partial charge is 0.496 e. The average molecular weight is 496 g/mol. The number of thiocarbonyl (C=S) groups is 1. The van der Waals surface area contributed by atoms with Gasteiger partial charge in [0, 0.05) is 5.69 Å². The number of methoxy groups -OCH3 is 2. The molecule has 0 aliphatic carbocycles. The van der Waals surface area contributed by atoms with Gasteiger partial charge in [-0.1, -0.05) is 23.7 Å². The summed E-state index contributed by atoms with van der Waals surface area (Å²) < 4.78 is 10.6. The van der Waals surface area contributed by atoms with Crippen LogP contribution in [0.25, 0.3) is 16.7 Å². The van der Waals surface area contributed by atoms with Crippen molar-refractivity contribution in [2.24, 2.45) is 0 Å². The normalized spacial score (nSPS) is 10.7. The van der Waals surface area contributed by atoms with Crippen molar-refractivity contribution >= 4 is 51.6 Å². The molecule has 0 saturated carbocycles. The Morgan fingerprint density at radius 3 is 2.41 bits per heavy atom. The van der Waals surface area contributed by atoms with E-state index in [2.05, 4.69) is 20.8 Å². The van der Waals surface area contributed by atoms with Crippen molar-refractivity contribution in [3.8, 4) is 17.2 Å². The summed E-state index contributed by atoms with van der Waals surface area (Å²) in [5.74, 6) is 0.720. The van der Waals surface area contributed by atoms with E-state index in [1.807, 2.05) is 38.1 Å². The molecule has 1 amide bonds. The van der Waals surface area contributed by atoms with Gasteiger partial charge in [-0.25, -0.2) is 0 Å². The fraction of sp³-hybridized carbons (Fsp3) is 0.167. The minimum absolute atomic E-state index is 0.158. The molecular formula is C24H22ClN5O3S. The first-order chi connectivity index (χ1) is 16.3. The van der Waals surface area contributed by atoms with Crippen molar-refractivity contribution < 1.29 is 14.3 Å². The van der Waals surface area contributed by atoms with Crippen LogP contribution in [0.4, 0.5) is 5.69 Å². The van der Waals surface area contributed by atoms with Gasteiger partial charge in [-0.3, -0.25) is 10.1 Å². The van der Waals surface area contributed by atoms with Crippen molar-refractivity contribution in [3.05, 3.63) is 70.2 Å². The van der Waals surface area contributed by atoms with Crippen molar-refractivity contribution in [1.82, 2.24) is 20.3 Å². The third-order valence-corrected chi connectivity index (χ3v) is 5.73. The minimum Gasteiger partial charge on any atom is -0.496 e. The first-order valence-electron chi connectivity index (χ1n) is 10.3. The smallest absolute Gasteiger partial charge is 0.261 e. The molecule has 0 spiro atoms. The number of ether oxygens (including phenoxy) is 2. The Morgan fingerprint density at radius 1 is 1.00 bits per heavy atom. The second-order valence-electron chi connectivity index (χ2n) is 7.53. The highest BCUT2D eigenvalue weighted by molar-refractivity contribution is 7.80. The van der Waals surface area contributed by atoms with Crippen molar-refractivity contribution in [2.45, 2.75) is 13.8 Å². The lowest BCUT2D eigenvalue weighted by atomic mass is 10.1. The van der Waals surface area contributed by atoms with Gasteiger partial charge in [0.25, 0.3) is 5.91 Å². The first-order valence-corrected chi connectivity index (χ1v) is 11.1. The number of amides is 1. The lowest BCUT2D eigenvalue weighted by molar-refractivity contribution is 0.0974. The number of fused-ring (bicyclic) bond motifs is 1. The molecule has 4 rings (SSSR count). The van der Waals surface area contributed by atoms with Crippen LogP contribution in [-0.4, -0.2) is 40.2 Å². The fourth-order valence-corrected chi connectivity index (χ4v) is 3.98. The number of nitrogens with one attached hydrogen (secondary N) is 2. The molecule has 8 nitrogen and oxygen atoms in total. The van der Waals surface area contributed by atoms with Gasteiger partial charge in [-0.05, 0) is 73.6 Å². The van der Waals surface area contributed by atoms with Gasteiger partial charge in [-0.2, -0.15) is 4.80 Å². The summed E-state index contributed by atoms with van der Waals surface area (Å²) >= 11 is 11.6. The summed E-state index contributed by atoms with van der Waals surface area (Å²) in [6.45, 7) is 3.79. The highest BCUT2D eigenvalue weighted by Crippen LogP contribution is 2.28. The number of aryl methyl sites for hydroxylation is 2. The van der Waals surface area contributed by atoms with E-state index >= 15 is 0 Å². The minimum atomic E-state index is -0.362. The van der Waals surface area contributed by atoms with E-state index in [1.165, 1.54) is 11.9 Å². The molecule has 2 N–H and O–H groups in total. The van der Waals surface area contributed by atoms with Gasteiger partial charge < -0.3 is 14.8 Å². The first kappa shape index (κ1) is 23.5. The monoisotopic (exact) mass is 495 g/mol.